The van der Waals surface area contributed by atoms with Crippen LogP contribution in [0.3, 0.4) is 0 Å². The molecule has 0 unspecified atom stereocenters. The smallest absolute Gasteiger partial charge is 0.186 e. The number of benzene rings is 1. The number of para-hydroxylation sites is 1. The first-order chi connectivity index (χ1) is 5.38. The number of anilines is 1. The second-order valence-electron chi connectivity index (χ2n) is 2.27. The van der Waals surface area contributed by atoms with Crippen LogP contribution in [-0.2, 0) is 6.42 Å². The molecule has 0 aliphatic heterocycles. The van der Waals surface area contributed by atoms with Gasteiger partial charge >= 0.3 is 0 Å². The molecule has 0 bridgehead atoms. The molecule has 55 valence electrons. The minimum Gasteiger partial charge on any atom is -0.412 e. The predicted octanol–water partition coefficient (Wildman–Crippen LogP) is 1.91. The van der Waals surface area contributed by atoms with E-state index in [1.165, 1.54) is 5.56 Å². The number of rotatable bonds is 3. The van der Waals surface area contributed by atoms with Crippen LogP contribution in [0.5, 0.6) is 0 Å². The van der Waals surface area contributed by atoms with Crippen LogP contribution in [-0.4, -0.2) is 10.4 Å². The summed E-state index contributed by atoms with van der Waals surface area (Å²) in [7, 11) is 3.24. The topological polar surface area (TPSA) is 12.0 Å². The molecule has 11 heavy (non-hydrogen) atoms. The van der Waals surface area contributed by atoms with Crippen molar-refractivity contribution in [2.45, 2.75) is 6.42 Å². The average Bonchev–Trinajstić information content (AvgIpc) is 2.06. The highest BCUT2D eigenvalue weighted by atomic mass is 28.2. The van der Waals surface area contributed by atoms with Crippen molar-refractivity contribution in [3.8, 4) is 0 Å². The standard InChI is InChI=1S/C9H10NSi/c1-2-5-8-6-3-4-7-9(8)10-11/h2-4,6-7,10H,1,5H2. The SMILES string of the molecule is C=CCc1ccccc1N[Si]. The summed E-state index contributed by atoms with van der Waals surface area (Å²) in [6.07, 6.45) is 2.79. The molecule has 0 heterocycles. The van der Waals surface area contributed by atoms with E-state index in [0.29, 0.717) is 0 Å². The van der Waals surface area contributed by atoms with Gasteiger partial charge in [0.05, 0.1) is 0 Å². The first-order valence-corrected chi connectivity index (χ1v) is 4.00. The van der Waals surface area contributed by atoms with Gasteiger partial charge in [0.15, 0.2) is 10.4 Å². The highest BCUT2D eigenvalue weighted by Gasteiger charge is 1.94. The molecule has 0 atom stereocenters. The molecular weight excluding hydrogens is 150 g/mol. The Morgan fingerprint density at radius 3 is 2.82 bits per heavy atom. The van der Waals surface area contributed by atoms with E-state index in [1.807, 2.05) is 24.3 Å². The first-order valence-electron chi connectivity index (χ1n) is 3.50. The van der Waals surface area contributed by atoms with E-state index >= 15 is 0 Å². The number of hydrogen-bond acceptors (Lipinski definition) is 1. The lowest BCUT2D eigenvalue weighted by Gasteiger charge is -2.05. The Kier molecular flexibility index (Phi) is 2.92. The van der Waals surface area contributed by atoms with Gasteiger partial charge < -0.3 is 4.98 Å². The Morgan fingerprint density at radius 2 is 2.18 bits per heavy atom. The fourth-order valence-corrected chi connectivity index (χ4v) is 1.22. The van der Waals surface area contributed by atoms with E-state index in [-0.39, 0.29) is 0 Å². The lowest BCUT2D eigenvalue weighted by Crippen LogP contribution is -1.95. The molecule has 1 aromatic rings. The minimum atomic E-state index is 0.896. The quantitative estimate of drug-likeness (QED) is 0.526. The van der Waals surface area contributed by atoms with Gasteiger partial charge in [-0.15, -0.1) is 6.58 Å². The summed E-state index contributed by atoms with van der Waals surface area (Å²) in [5, 5.41) is 0. The molecular formula is C9H10NSi. The van der Waals surface area contributed by atoms with Crippen LogP contribution in [0.1, 0.15) is 5.56 Å². The van der Waals surface area contributed by atoms with Crippen LogP contribution in [0.25, 0.3) is 0 Å². The van der Waals surface area contributed by atoms with Gasteiger partial charge in [-0.05, 0) is 18.1 Å². The van der Waals surface area contributed by atoms with Crippen LogP contribution < -0.4 is 4.98 Å². The third kappa shape index (κ3) is 1.95. The van der Waals surface area contributed by atoms with Crippen molar-refractivity contribution in [1.29, 1.82) is 0 Å². The molecule has 1 N–H and O–H groups in total. The molecule has 3 radical (unpaired) electrons. The second-order valence-corrected chi connectivity index (χ2v) is 2.52. The van der Waals surface area contributed by atoms with Gasteiger partial charge in [0.2, 0.25) is 0 Å². The zero-order valence-electron chi connectivity index (χ0n) is 6.30. The van der Waals surface area contributed by atoms with Crippen molar-refractivity contribution in [2.24, 2.45) is 0 Å². The second kappa shape index (κ2) is 3.98. The van der Waals surface area contributed by atoms with Crippen molar-refractivity contribution in [3.63, 3.8) is 0 Å². The Morgan fingerprint density at radius 1 is 1.45 bits per heavy atom. The molecule has 0 aromatic heterocycles. The molecule has 0 aliphatic carbocycles. The molecule has 1 aromatic carbocycles. The number of hydrogen-bond donors (Lipinski definition) is 1. The molecule has 0 amide bonds. The fourth-order valence-electron chi connectivity index (χ4n) is 0.976. The van der Waals surface area contributed by atoms with Gasteiger partial charge in [-0.25, -0.2) is 0 Å². The van der Waals surface area contributed by atoms with Crippen molar-refractivity contribution in [1.82, 2.24) is 0 Å². The summed E-state index contributed by atoms with van der Waals surface area (Å²) in [4.78, 5) is 2.94. The molecule has 0 saturated carbocycles. The van der Waals surface area contributed by atoms with E-state index in [0.717, 1.165) is 12.1 Å². The lowest BCUT2D eigenvalue weighted by atomic mass is 10.1. The summed E-state index contributed by atoms with van der Waals surface area (Å²) in [6.45, 7) is 3.69. The van der Waals surface area contributed by atoms with Crippen molar-refractivity contribution < 1.29 is 0 Å². The summed E-state index contributed by atoms with van der Waals surface area (Å²) in [6, 6.07) is 8.11. The highest BCUT2D eigenvalue weighted by Crippen LogP contribution is 2.14. The van der Waals surface area contributed by atoms with Crippen molar-refractivity contribution in [2.75, 3.05) is 4.98 Å². The zero-order chi connectivity index (χ0) is 8.10. The molecule has 0 spiro atoms. The van der Waals surface area contributed by atoms with Gasteiger partial charge in [-0.2, -0.15) is 0 Å². The van der Waals surface area contributed by atoms with Crippen LogP contribution in [0.4, 0.5) is 5.69 Å². The van der Waals surface area contributed by atoms with E-state index in [9.17, 15) is 0 Å². The van der Waals surface area contributed by atoms with E-state index in [1.54, 1.807) is 0 Å². The van der Waals surface area contributed by atoms with Crippen LogP contribution >= 0.6 is 0 Å². The van der Waals surface area contributed by atoms with E-state index in [4.69, 9.17) is 0 Å². The first kappa shape index (κ1) is 8.08. The largest absolute Gasteiger partial charge is 0.412 e. The van der Waals surface area contributed by atoms with Crippen LogP contribution in [0.15, 0.2) is 36.9 Å². The predicted molar refractivity (Wildman–Crippen MR) is 49.7 cm³/mol. The van der Waals surface area contributed by atoms with Crippen molar-refractivity contribution >= 4 is 16.1 Å². The van der Waals surface area contributed by atoms with Crippen LogP contribution in [0.2, 0.25) is 0 Å². The molecule has 2 heteroatoms. The monoisotopic (exact) mass is 160 g/mol. The third-order valence-electron chi connectivity index (χ3n) is 1.52. The third-order valence-corrected chi connectivity index (χ3v) is 1.79. The number of nitrogens with one attached hydrogen (secondary N) is 1. The fraction of sp³-hybridized carbons (Fsp3) is 0.111. The average molecular weight is 160 g/mol. The molecule has 1 nitrogen and oxygen atoms in total. The van der Waals surface area contributed by atoms with Gasteiger partial charge in [-0.1, -0.05) is 24.3 Å². The maximum absolute atomic E-state index is 3.69. The van der Waals surface area contributed by atoms with E-state index < -0.39 is 0 Å². The zero-order valence-corrected chi connectivity index (χ0v) is 7.30. The van der Waals surface area contributed by atoms with Crippen LogP contribution in [0, 0.1) is 0 Å². The lowest BCUT2D eigenvalue weighted by molar-refractivity contribution is 1.28. The molecule has 1 rings (SSSR count). The van der Waals surface area contributed by atoms with Crippen molar-refractivity contribution in [3.05, 3.63) is 42.5 Å². The normalized spacial score (nSPS) is 9.18. The van der Waals surface area contributed by atoms with E-state index in [2.05, 4.69) is 28.0 Å². The Labute approximate surface area is 70.6 Å². The summed E-state index contributed by atoms with van der Waals surface area (Å²) in [5.41, 5.74) is 2.35. The van der Waals surface area contributed by atoms with Gasteiger partial charge in [0, 0.05) is 5.69 Å². The summed E-state index contributed by atoms with van der Waals surface area (Å²) in [5.74, 6) is 0. The molecule has 0 aliphatic rings. The maximum atomic E-state index is 3.69. The van der Waals surface area contributed by atoms with Gasteiger partial charge in [-0.3, -0.25) is 0 Å². The van der Waals surface area contributed by atoms with Gasteiger partial charge in [0.25, 0.3) is 0 Å². The molecule has 0 saturated heterocycles. The molecule has 0 fully saturated rings. The summed E-state index contributed by atoms with van der Waals surface area (Å²) < 4.78 is 0. The summed E-state index contributed by atoms with van der Waals surface area (Å²) >= 11 is 0. The highest BCUT2D eigenvalue weighted by molar-refractivity contribution is 6.16. The van der Waals surface area contributed by atoms with Gasteiger partial charge in [0.1, 0.15) is 0 Å². The minimum absolute atomic E-state index is 0.896. The maximum Gasteiger partial charge on any atom is 0.186 e. The Bertz CT molecular complexity index is 245. The Hall–Kier alpha value is -1.02. The number of allylic oxidation sites excluding steroid dienone is 1. The Balaban J connectivity index is 2.92.